The first kappa shape index (κ1) is 14.9. The minimum Gasteiger partial charge on any atom is -0.436 e. The molecule has 0 N–H and O–H groups in total. The van der Waals surface area contributed by atoms with Gasteiger partial charge in [0, 0.05) is 13.1 Å². The molecule has 0 saturated carbocycles. The lowest BCUT2D eigenvalue weighted by atomic mass is 10.1. The molecule has 2 aromatic carbocycles. The van der Waals surface area contributed by atoms with Crippen LogP contribution in [-0.2, 0) is 0 Å². The molecule has 1 saturated heterocycles. The molecule has 1 aromatic heterocycles. The van der Waals surface area contributed by atoms with Crippen LogP contribution < -0.4 is 9.64 Å². The van der Waals surface area contributed by atoms with Gasteiger partial charge in [0.05, 0.1) is 11.0 Å². The number of para-hydroxylation sites is 2. The lowest BCUT2D eigenvalue weighted by molar-refractivity contribution is 0.458. The molecule has 1 fully saturated rings. The molecule has 1 aliphatic rings. The first-order valence-corrected chi connectivity index (χ1v) is 8.48. The van der Waals surface area contributed by atoms with Crippen LogP contribution in [-0.4, -0.2) is 23.1 Å². The van der Waals surface area contributed by atoms with Crippen molar-refractivity contribution in [2.75, 3.05) is 18.0 Å². The maximum Gasteiger partial charge on any atom is 0.263 e. The number of fused-ring (bicyclic) bond motifs is 1. The van der Waals surface area contributed by atoms with Crippen LogP contribution >= 0.6 is 0 Å². The highest BCUT2D eigenvalue weighted by Crippen LogP contribution is 2.34. The summed E-state index contributed by atoms with van der Waals surface area (Å²) in [5.41, 5.74) is 4.12. The van der Waals surface area contributed by atoms with Crippen molar-refractivity contribution < 1.29 is 4.74 Å². The number of ether oxygens (including phenoxy) is 1. The molecule has 0 amide bonds. The van der Waals surface area contributed by atoms with E-state index in [2.05, 4.69) is 24.8 Å². The third-order valence-corrected chi connectivity index (χ3v) is 4.69. The summed E-state index contributed by atoms with van der Waals surface area (Å²) in [4.78, 5) is 11.9. The van der Waals surface area contributed by atoms with Gasteiger partial charge in [0.15, 0.2) is 5.82 Å². The Morgan fingerprint density at radius 3 is 2.33 bits per heavy atom. The quantitative estimate of drug-likeness (QED) is 0.705. The van der Waals surface area contributed by atoms with E-state index in [-0.39, 0.29) is 0 Å². The first-order valence-electron chi connectivity index (χ1n) is 8.48. The second-order valence-corrected chi connectivity index (χ2v) is 6.34. The van der Waals surface area contributed by atoms with E-state index < -0.39 is 0 Å². The molecule has 1 aliphatic heterocycles. The van der Waals surface area contributed by atoms with Gasteiger partial charge in [-0.3, -0.25) is 0 Å². The van der Waals surface area contributed by atoms with Crippen molar-refractivity contribution in [2.45, 2.75) is 26.7 Å². The summed E-state index contributed by atoms with van der Waals surface area (Å²) in [6, 6.07) is 14.1. The number of nitrogens with zero attached hydrogens (tertiary/aromatic N) is 3. The molecule has 0 unspecified atom stereocenters. The highest BCUT2D eigenvalue weighted by Gasteiger charge is 2.21. The monoisotopic (exact) mass is 319 g/mol. The van der Waals surface area contributed by atoms with Gasteiger partial charge in [-0.1, -0.05) is 24.3 Å². The smallest absolute Gasteiger partial charge is 0.263 e. The average molecular weight is 319 g/mol. The van der Waals surface area contributed by atoms with Crippen LogP contribution in [0.5, 0.6) is 11.6 Å². The SMILES string of the molecule is Cc1cccc(Oc2nc3ccccc3nc2N2CCCC2)c1C. The average Bonchev–Trinajstić information content (AvgIpc) is 3.13. The summed E-state index contributed by atoms with van der Waals surface area (Å²) >= 11 is 0. The number of anilines is 1. The number of hydrogen-bond donors (Lipinski definition) is 0. The van der Waals surface area contributed by atoms with Gasteiger partial charge in [-0.15, -0.1) is 0 Å². The van der Waals surface area contributed by atoms with E-state index in [9.17, 15) is 0 Å². The molecule has 0 bridgehead atoms. The van der Waals surface area contributed by atoms with Gasteiger partial charge < -0.3 is 9.64 Å². The highest BCUT2D eigenvalue weighted by atomic mass is 16.5. The Kier molecular flexibility index (Phi) is 3.81. The Hall–Kier alpha value is -2.62. The van der Waals surface area contributed by atoms with Crippen molar-refractivity contribution in [3.8, 4) is 11.6 Å². The zero-order chi connectivity index (χ0) is 16.5. The van der Waals surface area contributed by atoms with Crippen molar-refractivity contribution in [1.82, 2.24) is 9.97 Å². The van der Waals surface area contributed by atoms with Crippen LogP contribution in [0, 0.1) is 13.8 Å². The summed E-state index contributed by atoms with van der Waals surface area (Å²) in [5.74, 6) is 2.30. The number of hydrogen-bond acceptors (Lipinski definition) is 4. The van der Waals surface area contributed by atoms with Gasteiger partial charge in [-0.2, -0.15) is 0 Å². The third-order valence-electron chi connectivity index (χ3n) is 4.69. The fraction of sp³-hybridized carbons (Fsp3) is 0.300. The Morgan fingerprint density at radius 2 is 1.58 bits per heavy atom. The van der Waals surface area contributed by atoms with Crippen LogP contribution in [0.4, 0.5) is 5.82 Å². The van der Waals surface area contributed by atoms with Crippen LogP contribution in [0.15, 0.2) is 42.5 Å². The molecule has 4 heteroatoms. The van der Waals surface area contributed by atoms with Crippen molar-refractivity contribution in [1.29, 1.82) is 0 Å². The van der Waals surface area contributed by atoms with Crippen molar-refractivity contribution in [2.24, 2.45) is 0 Å². The van der Waals surface area contributed by atoms with Crippen molar-refractivity contribution in [3.05, 3.63) is 53.6 Å². The molecule has 24 heavy (non-hydrogen) atoms. The molecule has 4 nitrogen and oxygen atoms in total. The van der Waals surface area contributed by atoms with Gasteiger partial charge in [0.25, 0.3) is 5.88 Å². The van der Waals surface area contributed by atoms with Crippen LogP contribution in [0.1, 0.15) is 24.0 Å². The highest BCUT2D eigenvalue weighted by molar-refractivity contribution is 5.77. The van der Waals surface area contributed by atoms with Gasteiger partial charge >= 0.3 is 0 Å². The molecule has 0 aliphatic carbocycles. The van der Waals surface area contributed by atoms with E-state index >= 15 is 0 Å². The zero-order valence-corrected chi connectivity index (χ0v) is 14.1. The number of aromatic nitrogens is 2. The molecule has 0 atom stereocenters. The van der Waals surface area contributed by atoms with E-state index in [4.69, 9.17) is 14.7 Å². The zero-order valence-electron chi connectivity index (χ0n) is 14.1. The van der Waals surface area contributed by atoms with E-state index in [0.29, 0.717) is 5.88 Å². The number of aryl methyl sites for hydroxylation is 1. The minimum absolute atomic E-state index is 0.601. The Labute approximate surface area is 142 Å². The van der Waals surface area contributed by atoms with E-state index in [1.807, 2.05) is 36.4 Å². The van der Waals surface area contributed by atoms with Gasteiger partial charge in [-0.05, 0) is 56.0 Å². The van der Waals surface area contributed by atoms with Crippen LogP contribution in [0.25, 0.3) is 11.0 Å². The fourth-order valence-electron chi connectivity index (χ4n) is 3.12. The predicted molar refractivity (Wildman–Crippen MR) is 97.0 cm³/mol. The summed E-state index contributed by atoms with van der Waals surface area (Å²) in [6.45, 7) is 6.19. The Morgan fingerprint density at radius 1 is 0.875 bits per heavy atom. The van der Waals surface area contributed by atoms with Crippen molar-refractivity contribution in [3.63, 3.8) is 0 Å². The standard InChI is InChI=1S/C20H21N3O/c1-14-8-7-11-18(15(14)2)24-20-19(23-12-5-6-13-23)21-16-9-3-4-10-17(16)22-20/h3-4,7-11H,5-6,12-13H2,1-2H3. The van der Waals surface area contributed by atoms with Gasteiger partial charge in [-0.25, -0.2) is 9.97 Å². The summed E-state index contributed by atoms with van der Waals surface area (Å²) in [7, 11) is 0. The fourth-order valence-corrected chi connectivity index (χ4v) is 3.12. The Balaban J connectivity index is 1.82. The van der Waals surface area contributed by atoms with E-state index in [1.54, 1.807) is 0 Å². The van der Waals surface area contributed by atoms with Crippen LogP contribution in [0.3, 0.4) is 0 Å². The number of rotatable bonds is 3. The molecular formula is C20H21N3O. The molecule has 4 rings (SSSR count). The number of benzene rings is 2. The molecular weight excluding hydrogens is 298 g/mol. The maximum absolute atomic E-state index is 6.23. The molecule has 2 heterocycles. The van der Waals surface area contributed by atoms with Gasteiger partial charge in [0.2, 0.25) is 0 Å². The molecule has 122 valence electrons. The second-order valence-electron chi connectivity index (χ2n) is 6.34. The van der Waals surface area contributed by atoms with Crippen molar-refractivity contribution >= 4 is 16.9 Å². The second kappa shape index (κ2) is 6.11. The molecule has 0 radical (unpaired) electrons. The molecule has 3 aromatic rings. The summed E-state index contributed by atoms with van der Waals surface area (Å²) in [6.07, 6.45) is 2.38. The summed E-state index contributed by atoms with van der Waals surface area (Å²) in [5, 5.41) is 0. The lowest BCUT2D eigenvalue weighted by Gasteiger charge is -2.20. The third kappa shape index (κ3) is 2.68. The maximum atomic E-state index is 6.23. The predicted octanol–water partition coefficient (Wildman–Crippen LogP) is 4.64. The topological polar surface area (TPSA) is 38.3 Å². The van der Waals surface area contributed by atoms with E-state index in [0.717, 1.165) is 41.3 Å². The normalized spacial score (nSPS) is 14.3. The minimum atomic E-state index is 0.601. The van der Waals surface area contributed by atoms with Crippen LogP contribution in [0.2, 0.25) is 0 Å². The molecule has 0 spiro atoms. The lowest BCUT2D eigenvalue weighted by Crippen LogP contribution is -2.20. The Bertz CT molecular complexity index is 885. The first-order chi connectivity index (χ1) is 11.7. The summed E-state index contributed by atoms with van der Waals surface area (Å²) < 4.78 is 6.23. The van der Waals surface area contributed by atoms with E-state index in [1.165, 1.54) is 18.4 Å². The van der Waals surface area contributed by atoms with Gasteiger partial charge in [0.1, 0.15) is 5.75 Å². The largest absolute Gasteiger partial charge is 0.436 e.